The minimum Gasteiger partial charge on any atom is -0.487 e. The van der Waals surface area contributed by atoms with Gasteiger partial charge in [-0.3, -0.25) is 9.59 Å². The van der Waals surface area contributed by atoms with Crippen molar-refractivity contribution in [1.29, 1.82) is 0 Å². The van der Waals surface area contributed by atoms with Crippen LogP contribution in [0.2, 0.25) is 0 Å². The Kier molecular flexibility index (Phi) is 7.41. The monoisotopic (exact) mass is 387 g/mol. The molecule has 1 aromatic carbocycles. The van der Waals surface area contributed by atoms with Crippen LogP contribution in [0.25, 0.3) is 0 Å². The van der Waals surface area contributed by atoms with Gasteiger partial charge in [0.05, 0.1) is 18.6 Å². The largest absolute Gasteiger partial charge is 0.487 e. The molecular formula is C18H27ClFN3O3. The van der Waals surface area contributed by atoms with Crippen LogP contribution in [-0.4, -0.2) is 30.0 Å². The first-order valence-corrected chi connectivity index (χ1v) is 8.40. The van der Waals surface area contributed by atoms with E-state index in [1.165, 1.54) is 12.1 Å². The second kappa shape index (κ2) is 8.68. The molecular weight excluding hydrogens is 361 g/mol. The van der Waals surface area contributed by atoms with Gasteiger partial charge in [-0.25, -0.2) is 4.39 Å². The second-order valence-corrected chi connectivity index (χ2v) is 7.36. The highest BCUT2D eigenvalue weighted by Gasteiger charge is 2.34. The highest BCUT2D eigenvalue weighted by atomic mass is 35.5. The van der Waals surface area contributed by atoms with E-state index in [9.17, 15) is 14.0 Å². The summed E-state index contributed by atoms with van der Waals surface area (Å²) < 4.78 is 19.3. The first kappa shape index (κ1) is 22.2. The summed E-state index contributed by atoms with van der Waals surface area (Å²) in [7, 11) is 0. The Morgan fingerprint density at radius 1 is 1.38 bits per heavy atom. The lowest BCUT2D eigenvalue weighted by atomic mass is 9.89. The number of nitrogens with one attached hydrogen (secondary N) is 2. The zero-order valence-electron chi connectivity index (χ0n) is 15.5. The predicted octanol–water partition coefficient (Wildman–Crippen LogP) is 2.07. The molecule has 1 aliphatic rings. The van der Waals surface area contributed by atoms with Crippen molar-refractivity contribution in [3.63, 3.8) is 0 Å². The maximum atomic E-state index is 13.5. The van der Waals surface area contributed by atoms with Gasteiger partial charge in [0.25, 0.3) is 0 Å². The molecule has 0 saturated carbocycles. The number of hydrogen-bond acceptors (Lipinski definition) is 4. The van der Waals surface area contributed by atoms with Crippen LogP contribution in [0, 0.1) is 11.7 Å². The number of benzene rings is 1. The Labute approximate surface area is 159 Å². The molecule has 4 N–H and O–H groups in total. The Bertz CT molecular complexity index is 667. The van der Waals surface area contributed by atoms with Crippen LogP contribution in [0.5, 0.6) is 5.75 Å². The highest BCUT2D eigenvalue weighted by Crippen LogP contribution is 2.39. The third kappa shape index (κ3) is 5.57. The number of fused-ring (bicyclic) bond motifs is 1. The van der Waals surface area contributed by atoms with Crippen LogP contribution in [0.1, 0.15) is 45.7 Å². The molecule has 0 aromatic heterocycles. The number of amides is 2. The molecule has 1 heterocycles. The number of carbonyl (C=O) groups is 2. The zero-order valence-corrected chi connectivity index (χ0v) is 16.3. The standard InChI is InChI=1S/C18H26FN3O3.ClH/c1-10(2)16(20)17(24)21-9-15(23)22-13-8-18(3,4)25-14-7-11(19)5-6-12(13)14;/h5-7,10,13,16H,8-9,20H2,1-4H3,(H,21,24)(H,22,23);1H/t13?,16-;/m0./s1. The number of rotatable bonds is 5. The topological polar surface area (TPSA) is 93.5 Å². The average Bonchev–Trinajstić information content (AvgIpc) is 2.50. The molecule has 2 rings (SSSR count). The molecule has 1 aliphatic heterocycles. The smallest absolute Gasteiger partial charge is 0.239 e. The third-order valence-electron chi connectivity index (χ3n) is 4.21. The van der Waals surface area contributed by atoms with E-state index in [1.807, 2.05) is 27.7 Å². The van der Waals surface area contributed by atoms with E-state index < -0.39 is 17.5 Å². The lowest BCUT2D eigenvalue weighted by molar-refractivity contribution is -0.127. The fourth-order valence-corrected chi connectivity index (χ4v) is 2.79. The van der Waals surface area contributed by atoms with Crippen LogP contribution in [0.15, 0.2) is 18.2 Å². The fourth-order valence-electron chi connectivity index (χ4n) is 2.79. The Morgan fingerprint density at radius 3 is 2.65 bits per heavy atom. The maximum Gasteiger partial charge on any atom is 0.239 e. The van der Waals surface area contributed by atoms with E-state index in [-0.39, 0.29) is 42.7 Å². The molecule has 26 heavy (non-hydrogen) atoms. The van der Waals surface area contributed by atoms with Gasteiger partial charge in [-0.15, -0.1) is 12.4 Å². The Morgan fingerprint density at radius 2 is 2.04 bits per heavy atom. The van der Waals surface area contributed by atoms with Gasteiger partial charge in [0.1, 0.15) is 17.2 Å². The molecule has 1 aromatic rings. The van der Waals surface area contributed by atoms with E-state index in [0.29, 0.717) is 12.2 Å². The third-order valence-corrected chi connectivity index (χ3v) is 4.21. The van der Waals surface area contributed by atoms with Gasteiger partial charge >= 0.3 is 0 Å². The van der Waals surface area contributed by atoms with E-state index >= 15 is 0 Å². The van der Waals surface area contributed by atoms with Crippen molar-refractivity contribution in [2.45, 2.75) is 51.8 Å². The molecule has 6 nitrogen and oxygen atoms in total. The number of halogens is 2. The molecule has 2 amide bonds. The normalized spacial score (nSPS) is 18.8. The van der Waals surface area contributed by atoms with Gasteiger partial charge in [-0.2, -0.15) is 0 Å². The van der Waals surface area contributed by atoms with Crippen molar-refractivity contribution in [3.05, 3.63) is 29.6 Å². The van der Waals surface area contributed by atoms with Crippen molar-refractivity contribution in [3.8, 4) is 5.75 Å². The fraction of sp³-hybridized carbons (Fsp3) is 0.556. The molecule has 1 unspecified atom stereocenters. The van der Waals surface area contributed by atoms with Gasteiger partial charge in [-0.05, 0) is 25.8 Å². The lowest BCUT2D eigenvalue weighted by Crippen LogP contribution is -2.48. The second-order valence-electron chi connectivity index (χ2n) is 7.36. The molecule has 0 fully saturated rings. The van der Waals surface area contributed by atoms with Crippen LogP contribution >= 0.6 is 12.4 Å². The summed E-state index contributed by atoms with van der Waals surface area (Å²) in [5, 5.41) is 5.42. The van der Waals surface area contributed by atoms with Gasteiger partial charge in [0.15, 0.2) is 0 Å². The van der Waals surface area contributed by atoms with Crippen LogP contribution in [0.4, 0.5) is 4.39 Å². The van der Waals surface area contributed by atoms with E-state index in [0.717, 1.165) is 5.56 Å². The first-order valence-electron chi connectivity index (χ1n) is 8.40. The summed E-state index contributed by atoms with van der Waals surface area (Å²) in [6, 6.07) is 3.29. The van der Waals surface area contributed by atoms with Crippen molar-refractivity contribution in [2.75, 3.05) is 6.54 Å². The summed E-state index contributed by atoms with van der Waals surface area (Å²) in [6.45, 7) is 7.27. The average molecular weight is 388 g/mol. The highest BCUT2D eigenvalue weighted by molar-refractivity contribution is 5.87. The minimum atomic E-state index is -0.654. The van der Waals surface area contributed by atoms with E-state index in [4.69, 9.17) is 10.5 Å². The van der Waals surface area contributed by atoms with Crippen molar-refractivity contribution in [1.82, 2.24) is 10.6 Å². The molecule has 0 bridgehead atoms. The summed E-state index contributed by atoms with van der Waals surface area (Å²) in [5.74, 6) is -0.674. The quantitative estimate of drug-likeness (QED) is 0.721. The predicted molar refractivity (Wildman–Crippen MR) is 99.7 cm³/mol. The Balaban J connectivity index is 0.00000338. The molecule has 0 spiro atoms. The van der Waals surface area contributed by atoms with Crippen molar-refractivity contribution in [2.24, 2.45) is 11.7 Å². The van der Waals surface area contributed by atoms with Gasteiger partial charge in [0, 0.05) is 18.1 Å². The molecule has 0 radical (unpaired) electrons. The van der Waals surface area contributed by atoms with Crippen LogP contribution in [0.3, 0.4) is 0 Å². The summed E-state index contributed by atoms with van der Waals surface area (Å²) in [5.41, 5.74) is 5.93. The van der Waals surface area contributed by atoms with Gasteiger partial charge < -0.3 is 21.1 Å². The van der Waals surface area contributed by atoms with Crippen molar-refractivity contribution < 1.29 is 18.7 Å². The number of ether oxygens (including phenoxy) is 1. The SMILES string of the molecule is CC(C)[C@H](N)C(=O)NCC(=O)NC1CC(C)(C)Oc2cc(F)ccc21.Cl. The first-order chi connectivity index (χ1) is 11.6. The summed E-state index contributed by atoms with van der Waals surface area (Å²) in [6.07, 6.45) is 0.539. The summed E-state index contributed by atoms with van der Waals surface area (Å²) >= 11 is 0. The van der Waals surface area contributed by atoms with Crippen LogP contribution < -0.4 is 21.1 Å². The van der Waals surface area contributed by atoms with Crippen LogP contribution in [-0.2, 0) is 9.59 Å². The van der Waals surface area contributed by atoms with E-state index in [1.54, 1.807) is 6.07 Å². The minimum absolute atomic E-state index is 0. The Hall–Kier alpha value is -1.86. The number of nitrogens with two attached hydrogens (primary N) is 1. The molecule has 2 atom stereocenters. The molecule has 0 saturated heterocycles. The lowest BCUT2D eigenvalue weighted by Gasteiger charge is -2.37. The van der Waals surface area contributed by atoms with Gasteiger partial charge in [0.2, 0.25) is 11.8 Å². The van der Waals surface area contributed by atoms with Crippen molar-refractivity contribution >= 4 is 24.2 Å². The van der Waals surface area contributed by atoms with E-state index in [2.05, 4.69) is 10.6 Å². The number of hydrogen-bond donors (Lipinski definition) is 3. The molecule has 0 aliphatic carbocycles. The summed E-state index contributed by atoms with van der Waals surface area (Å²) in [4.78, 5) is 24.1. The molecule has 146 valence electrons. The maximum absolute atomic E-state index is 13.5. The molecule has 8 heteroatoms. The number of carbonyl (C=O) groups excluding carboxylic acids is 2. The zero-order chi connectivity index (χ0) is 18.8. The van der Waals surface area contributed by atoms with Gasteiger partial charge in [-0.1, -0.05) is 19.9 Å².